The number of nitrogens with one attached hydrogen (secondary N) is 3. The Bertz CT molecular complexity index is 1260. The number of sulfonamides is 1. The number of rotatable bonds is 6. The fourth-order valence-corrected chi connectivity index (χ4v) is 4.92. The van der Waals surface area contributed by atoms with E-state index in [1.165, 1.54) is 13.0 Å². The first-order valence-electron chi connectivity index (χ1n) is 10.3. The van der Waals surface area contributed by atoms with Crippen LogP contribution in [0, 0.1) is 0 Å². The van der Waals surface area contributed by atoms with E-state index in [0.29, 0.717) is 23.4 Å². The lowest BCUT2D eigenvalue weighted by atomic mass is 9.93. The molecule has 4 rings (SSSR count). The number of nitrogens with zero attached hydrogens (tertiary/aromatic N) is 2. The van der Waals surface area contributed by atoms with Crippen molar-refractivity contribution in [3.05, 3.63) is 65.7 Å². The molecular weight excluding hydrogens is 446 g/mol. The van der Waals surface area contributed by atoms with Crippen LogP contribution in [0.5, 0.6) is 0 Å². The number of aryl methyl sites for hydroxylation is 1. The minimum atomic E-state index is -3.75. The van der Waals surface area contributed by atoms with Crippen molar-refractivity contribution in [3.63, 3.8) is 0 Å². The number of aliphatic imine (C=N–C) groups is 1. The molecule has 1 unspecified atom stereocenters. The molecule has 0 aliphatic carbocycles. The number of amides is 4. The van der Waals surface area contributed by atoms with Crippen LogP contribution in [0.25, 0.3) is 0 Å². The van der Waals surface area contributed by atoms with Gasteiger partial charge in [0.15, 0.2) is 0 Å². The number of carbonyl (C=O) groups is 3. The Morgan fingerprint density at radius 2 is 1.79 bits per heavy atom. The average Bonchev–Trinajstić information content (AvgIpc) is 3.17. The molecule has 1 saturated heterocycles. The molecule has 2 heterocycles. The molecule has 0 radical (unpaired) electrons. The maximum atomic E-state index is 12.9. The molecule has 2 aliphatic rings. The summed E-state index contributed by atoms with van der Waals surface area (Å²) in [6.07, 6.45) is 0.916. The quantitative estimate of drug-likeness (QED) is 0.544. The van der Waals surface area contributed by atoms with Crippen LogP contribution < -0.4 is 15.5 Å². The molecule has 2 aromatic carbocycles. The predicted molar refractivity (Wildman–Crippen MR) is 119 cm³/mol. The normalized spacial score (nSPS) is 23.1. The molecule has 4 amide bonds. The molecule has 2 aliphatic heterocycles. The van der Waals surface area contributed by atoms with Gasteiger partial charge in [-0.25, -0.2) is 13.2 Å². The number of carbonyl (C=O) groups excluding carboxylic acids is 3. The lowest BCUT2D eigenvalue weighted by molar-refractivity contribution is -0.139. The number of hydrazine groups is 1. The highest BCUT2D eigenvalue weighted by Gasteiger charge is 2.48. The maximum Gasteiger partial charge on any atom is 0.344 e. The van der Waals surface area contributed by atoms with Crippen LogP contribution in [0.1, 0.15) is 31.4 Å². The fourth-order valence-electron chi connectivity index (χ4n) is 3.68. The van der Waals surface area contributed by atoms with Crippen LogP contribution in [-0.2, 0) is 26.0 Å². The van der Waals surface area contributed by atoms with Gasteiger partial charge >= 0.3 is 6.03 Å². The third-order valence-electron chi connectivity index (χ3n) is 5.60. The summed E-state index contributed by atoms with van der Waals surface area (Å²) in [5.74, 6) is -1.29. The highest BCUT2D eigenvalue weighted by atomic mass is 32.2. The van der Waals surface area contributed by atoms with Gasteiger partial charge in [-0.3, -0.25) is 24.7 Å². The molecule has 0 saturated carbocycles. The van der Waals surface area contributed by atoms with E-state index in [1.54, 1.807) is 25.1 Å². The summed E-state index contributed by atoms with van der Waals surface area (Å²) in [5, 5.41) is 3.29. The minimum Gasteiger partial charge on any atom is -0.322 e. The van der Waals surface area contributed by atoms with E-state index in [-0.39, 0.29) is 10.7 Å². The number of hydrogen-bond donors (Lipinski definition) is 3. The minimum absolute atomic E-state index is 0.0261. The third-order valence-corrected chi connectivity index (χ3v) is 7.00. The molecule has 0 aromatic heterocycles. The average molecular weight is 470 g/mol. The third kappa shape index (κ3) is 4.31. The highest BCUT2D eigenvalue weighted by Crippen LogP contribution is 2.24. The van der Waals surface area contributed by atoms with Crippen LogP contribution in [0.2, 0.25) is 0 Å². The summed E-state index contributed by atoms with van der Waals surface area (Å²) in [4.78, 5) is 42.2. The fraction of sp³-hybridized carbons (Fsp3) is 0.273. The summed E-state index contributed by atoms with van der Waals surface area (Å²) >= 11 is 0. The number of amidine groups is 1. The summed E-state index contributed by atoms with van der Waals surface area (Å²) in [5.41, 5.74) is 2.50. The zero-order valence-corrected chi connectivity index (χ0v) is 18.8. The Morgan fingerprint density at radius 3 is 2.52 bits per heavy atom. The molecule has 0 spiro atoms. The molecule has 10 nitrogen and oxygen atoms in total. The number of urea groups is 1. The number of benzene rings is 2. The highest BCUT2D eigenvalue weighted by molar-refractivity contribution is 7.90. The zero-order chi connectivity index (χ0) is 23.8. The molecule has 11 heteroatoms. The summed E-state index contributed by atoms with van der Waals surface area (Å²) in [7, 11) is -3.75. The van der Waals surface area contributed by atoms with Gasteiger partial charge in [0, 0.05) is 5.56 Å². The lowest BCUT2D eigenvalue weighted by Crippen LogP contribution is -2.51. The van der Waals surface area contributed by atoms with Gasteiger partial charge in [-0.2, -0.15) is 5.01 Å². The molecule has 2 aromatic rings. The van der Waals surface area contributed by atoms with Gasteiger partial charge in [0.05, 0.1) is 4.90 Å². The summed E-state index contributed by atoms with van der Waals surface area (Å²) in [6.45, 7) is 3.04. The SMILES string of the molecule is C[C@@H](N=C1NS(=O)(=O)c2ccccc21)C(=O)NN1C(=O)NC(C)(CCc2ccccc2)C1=O. The van der Waals surface area contributed by atoms with Gasteiger partial charge < -0.3 is 5.32 Å². The van der Waals surface area contributed by atoms with Gasteiger partial charge in [-0.1, -0.05) is 42.5 Å². The van der Waals surface area contributed by atoms with Crippen LogP contribution in [-0.4, -0.2) is 48.7 Å². The van der Waals surface area contributed by atoms with E-state index in [1.807, 2.05) is 30.3 Å². The van der Waals surface area contributed by atoms with E-state index >= 15 is 0 Å². The molecule has 33 heavy (non-hydrogen) atoms. The van der Waals surface area contributed by atoms with E-state index in [4.69, 9.17) is 0 Å². The van der Waals surface area contributed by atoms with Crippen molar-refractivity contribution in [1.82, 2.24) is 20.5 Å². The first kappa shape index (κ1) is 22.5. The summed E-state index contributed by atoms with van der Waals surface area (Å²) < 4.78 is 26.8. The first-order chi connectivity index (χ1) is 15.6. The van der Waals surface area contributed by atoms with Crippen molar-refractivity contribution in [2.45, 2.75) is 43.2 Å². The Kier molecular flexibility index (Phi) is 5.66. The van der Waals surface area contributed by atoms with Crippen LogP contribution in [0.3, 0.4) is 0 Å². The van der Waals surface area contributed by atoms with E-state index in [2.05, 4.69) is 20.5 Å². The van der Waals surface area contributed by atoms with Crippen molar-refractivity contribution in [3.8, 4) is 0 Å². The number of hydrogen-bond acceptors (Lipinski definition) is 6. The molecular formula is C22H23N5O5S. The Balaban J connectivity index is 1.44. The van der Waals surface area contributed by atoms with Gasteiger partial charge in [-0.05, 0) is 44.4 Å². The van der Waals surface area contributed by atoms with Gasteiger partial charge in [0.25, 0.3) is 21.8 Å². The van der Waals surface area contributed by atoms with E-state index in [9.17, 15) is 22.8 Å². The molecule has 172 valence electrons. The number of imide groups is 1. The molecule has 1 fully saturated rings. The Morgan fingerprint density at radius 1 is 1.12 bits per heavy atom. The van der Waals surface area contributed by atoms with Crippen LogP contribution in [0.4, 0.5) is 4.79 Å². The summed E-state index contributed by atoms with van der Waals surface area (Å²) in [6, 6.07) is 14.0. The number of fused-ring (bicyclic) bond motifs is 1. The van der Waals surface area contributed by atoms with Crippen molar-refractivity contribution in [1.29, 1.82) is 0 Å². The largest absolute Gasteiger partial charge is 0.344 e. The lowest BCUT2D eigenvalue weighted by Gasteiger charge is -2.22. The van der Waals surface area contributed by atoms with E-state index in [0.717, 1.165) is 5.56 Å². The molecule has 2 atom stereocenters. The Hall–Kier alpha value is -3.73. The second-order valence-electron chi connectivity index (χ2n) is 8.12. The zero-order valence-electron chi connectivity index (χ0n) is 18.0. The van der Waals surface area contributed by atoms with Crippen molar-refractivity contribution >= 4 is 33.7 Å². The molecule has 3 N–H and O–H groups in total. The maximum absolute atomic E-state index is 12.9. The predicted octanol–water partition coefficient (Wildman–Crippen LogP) is 1.09. The standard InChI is InChI=1S/C22H23N5O5S/c1-14(23-18-16-10-6-7-11-17(16)33(31,32)26-18)19(28)25-27-20(29)22(2,24-21(27)30)13-12-15-8-4-3-5-9-15/h3-11,14H,12-13H2,1-2H3,(H,23,26)(H,24,30)(H,25,28)/t14-,22?/m1/s1. The van der Waals surface area contributed by atoms with Crippen molar-refractivity contribution in [2.24, 2.45) is 4.99 Å². The second-order valence-corrected chi connectivity index (χ2v) is 9.77. The van der Waals surface area contributed by atoms with Crippen LogP contribution in [0.15, 0.2) is 64.5 Å². The van der Waals surface area contributed by atoms with E-state index < -0.39 is 39.4 Å². The van der Waals surface area contributed by atoms with Crippen molar-refractivity contribution < 1.29 is 22.8 Å². The van der Waals surface area contributed by atoms with Gasteiger partial charge in [-0.15, -0.1) is 0 Å². The second kappa shape index (κ2) is 8.32. The van der Waals surface area contributed by atoms with Crippen molar-refractivity contribution in [2.75, 3.05) is 0 Å². The van der Waals surface area contributed by atoms with Gasteiger partial charge in [0.1, 0.15) is 17.4 Å². The molecule has 0 bridgehead atoms. The van der Waals surface area contributed by atoms with Gasteiger partial charge in [0.2, 0.25) is 0 Å². The van der Waals surface area contributed by atoms with Crippen LogP contribution >= 0.6 is 0 Å². The Labute approximate surface area is 191 Å². The monoisotopic (exact) mass is 469 g/mol. The topological polar surface area (TPSA) is 137 Å². The smallest absolute Gasteiger partial charge is 0.322 e. The first-order valence-corrected chi connectivity index (χ1v) is 11.8.